The van der Waals surface area contributed by atoms with Crippen molar-refractivity contribution in [3.05, 3.63) is 206 Å². The van der Waals surface area contributed by atoms with Gasteiger partial charge in [0, 0.05) is 43.7 Å². The molecule has 0 aliphatic rings. The minimum atomic E-state index is 0.573. The molecule has 5 nitrogen and oxygen atoms in total. The topological polar surface area (TPSA) is 59.4 Å². The number of nitriles is 1. The van der Waals surface area contributed by atoms with Crippen molar-refractivity contribution in [1.29, 1.82) is 5.26 Å². The summed E-state index contributed by atoms with van der Waals surface area (Å²) in [5.74, 6) is 0.600. The van der Waals surface area contributed by atoms with Crippen LogP contribution in [0.15, 0.2) is 200 Å². The molecule has 62 heavy (non-hydrogen) atoms. The van der Waals surface area contributed by atoms with Crippen LogP contribution in [0.2, 0.25) is 0 Å². The lowest BCUT2D eigenvalue weighted by atomic mass is 10.00. The first-order chi connectivity index (χ1) is 30.7. The van der Waals surface area contributed by atoms with E-state index < -0.39 is 0 Å². The Kier molecular flexibility index (Phi) is 7.30. The van der Waals surface area contributed by atoms with E-state index in [2.05, 4.69) is 191 Å². The molecule has 0 bridgehead atoms. The first-order valence-electron chi connectivity index (χ1n) is 20.9. The van der Waals surface area contributed by atoms with Crippen LogP contribution < -0.4 is 0 Å². The zero-order valence-corrected chi connectivity index (χ0v) is 33.3. The lowest BCUT2D eigenvalue weighted by molar-refractivity contribution is 1.16. The molecule has 10 aromatic carbocycles. The number of hydrogen-bond donors (Lipinski definition) is 0. The standard InChI is InChI=1S/C57H33N5/c58-34-41-25-24-40(33-52(41)62-51-27-26-35-12-6-7-17-44(35)55(51)48-29-36-13-4-5-14-37(36)31-54(48)62)57-59-49-20-10-8-19-46(49)56(60-57)39-23-22-38-32-53-47(30-42(38)28-39)45-18-9-11-21-50(45)61(53)43-15-2-1-3-16-43/h1-33H. The second kappa shape index (κ2) is 13.2. The molecule has 13 rings (SSSR count). The molecule has 5 heteroatoms. The maximum atomic E-state index is 10.7. The SMILES string of the molecule is N#Cc1ccc(-c2nc(-c3ccc4cc5c(cc4c3)c3ccccc3n5-c3ccccc3)c3ccccc3n2)cc1-n1c2cc3ccccc3cc2c2c3ccccc3ccc21. The van der Waals surface area contributed by atoms with Gasteiger partial charge >= 0.3 is 0 Å². The summed E-state index contributed by atoms with van der Waals surface area (Å²) in [4.78, 5) is 10.6. The number of hydrogen-bond acceptors (Lipinski definition) is 3. The number of aromatic nitrogens is 4. The maximum absolute atomic E-state index is 10.7. The Morgan fingerprint density at radius 3 is 1.87 bits per heavy atom. The van der Waals surface area contributed by atoms with Crippen LogP contribution in [0.4, 0.5) is 0 Å². The van der Waals surface area contributed by atoms with Crippen LogP contribution in [0, 0.1) is 11.3 Å². The molecule has 286 valence electrons. The van der Waals surface area contributed by atoms with Gasteiger partial charge in [-0.25, -0.2) is 9.97 Å². The number of para-hydroxylation sites is 3. The molecule has 0 aliphatic heterocycles. The average molecular weight is 788 g/mol. The molecule has 0 spiro atoms. The number of benzene rings is 10. The number of fused-ring (bicyclic) bond motifs is 11. The first kappa shape index (κ1) is 34.3. The Morgan fingerprint density at radius 1 is 0.387 bits per heavy atom. The van der Waals surface area contributed by atoms with E-state index in [-0.39, 0.29) is 0 Å². The molecule has 0 aliphatic carbocycles. The summed E-state index contributed by atoms with van der Waals surface area (Å²) in [5.41, 5.74) is 10.5. The minimum absolute atomic E-state index is 0.573. The van der Waals surface area contributed by atoms with Crippen LogP contribution in [-0.2, 0) is 0 Å². The van der Waals surface area contributed by atoms with E-state index in [1.54, 1.807) is 0 Å². The second-order valence-corrected chi connectivity index (χ2v) is 16.1. The number of nitrogens with zero attached hydrogens (tertiary/aromatic N) is 5. The summed E-state index contributed by atoms with van der Waals surface area (Å²) in [5, 5.41) is 23.4. The van der Waals surface area contributed by atoms with E-state index in [1.165, 1.54) is 43.4 Å². The monoisotopic (exact) mass is 787 g/mol. The van der Waals surface area contributed by atoms with Crippen LogP contribution in [-0.4, -0.2) is 19.1 Å². The molecule has 3 heterocycles. The van der Waals surface area contributed by atoms with Gasteiger partial charge in [-0.2, -0.15) is 5.26 Å². The van der Waals surface area contributed by atoms with Gasteiger partial charge in [0.25, 0.3) is 0 Å². The summed E-state index contributed by atoms with van der Waals surface area (Å²) < 4.78 is 4.62. The molecule has 3 aromatic heterocycles. The third-order valence-electron chi connectivity index (χ3n) is 12.7. The predicted molar refractivity (Wildman–Crippen MR) is 256 cm³/mol. The molecule has 0 radical (unpaired) electrons. The van der Waals surface area contributed by atoms with Crippen molar-refractivity contribution in [2.75, 3.05) is 0 Å². The second-order valence-electron chi connectivity index (χ2n) is 16.1. The molecule has 13 aromatic rings. The fourth-order valence-corrected chi connectivity index (χ4v) is 9.82. The Morgan fingerprint density at radius 2 is 1.03 bits per heavy atom. The van der Waals surface area contributed by atoms with Crippen molar-refractivity contribution >= 4 is 86.8 Å². The molecule has 0 N–H and O–H groups in total. The van der Waals surface area contributed by atoms with Crippen molar-refractivity contribution in [2.24, 2.45) is 0 Å². The first-order valence-corrected chi connectivity index (χ1v) is 20.9. The molecule has 0 amide bonds. The van der Waals surface area contributed by atoms with Crippen LogP contribution >= 0.6 is 0 Å². The Hall–Kier alpha value is -8.59. The molecular formula is C57H33N5. The van der Waals surface area contributed by atoms with E-state index in [1.807, 2.05) is 24.3 Å². The maximum Gasteiger partial charge on any atom is 0.160 e. The van der Waals surface area contributed by atoms with Crippen molar-refractivity contribution in [3.8, 4) is 40.1 Å². The van der Waals surface area contributed by atoms with Gasteiger partial charge in [-0.05, 0) is 111 Å². The minimum Gasteiger partial charge on any atom is -0.309 e. The molecule has 0 saturated carbocycles. The molecule has 0 atom stereocenters. The highest BCUT2D eigenvalue weighted by molar-refractivity contribution is 6.23. The van der Waals surface area contributed by atoms with Gasteiger partial charge in [0.1, 0.15) is 6.07 Å². The van der Waals surface area contributed by atoms with Gasteiger partial charge in [-0.1, -0.05) is 121 Å². The molecular weight excluding hydrogens is 755 g/mol. The smallest absolute Gasteiger partial charge is 0.160 e. The largest absolute Gasteiger partial charge is 0.309 e. The zero-order valence-electron chi connectivity index (χ0n) is 33.3. The number of rotatable bonds is 4. The Labute approximate surface area is 355 Å². The van der Waals surface area contributed by atoms with E-state index in [0.29, 0.717) is 11.4 Å². The normalized spacial score (nSPS) is 11.9. The molecule has 0 saturated heterocycles. The third kappa shape index (κ3) is 5.08. The predicted octanol–water partition coefficient (Wildman–Crippen LogP) is 14.5. The molecule has 0 fully saturated rings. The summed E-state index contributed by atoms with van der Waals surface area (Å²) in [6.07, 6.45) is 0. The van der Waals surface area contributed by atoms with Crippen LogP contribution in [0.1, 0.15) is 5.56 Å². The highest BCUT2D eigenvalue weighted by atomic mass is 15.0. The summed E-state index contributed by atoms with van der Waals surface area (Å²) in [6.45, 7) is 0. The lowest BCUT2D eigenvalue weighted by Crippen LogP contribution is -2.00. The average Bonchev–Trinajstić information content (AvgIpc) is 3.83. The lowest BCUT2D eigenvalue weighted by Gasteiger charge is -2.14. The summed E-state index contributed by atoms with van der Waals surface area (Å²) >= 11 is 0. The molecule has 0 unspecified atom stereocenters. The summed E-state index contributed by atoms with van der Waals surface area (Å²) in [6, 6.07) is 73.2. The fraction of sp³-hybridized carbons (Fsp3) is 0. The zero-order chi connectivity index (χ0) is 40.9. The van der Waals surface area contributed by atoms with Crippen molar-refractivity contribution in [2.45, 2.75) is 0 Å². The van der Waals surface area contributed by atoms with Gasteiger partial charge in [-0.15, -0.1) is 0 Å². The van der Waals surface area contributed by atoms with Gasteiger partial charge in [0.05, 0.1) is 44.5 Å². The van der Waals surface area contributed by atoms with E-state index in [0.717, 1.165) is 71.7 Å². The van der Waals surface area contributed by atoms with Crippen molar-refractivity contribution in [3.63, 3.8) is 0 Å². The van der Waals surface area contributed by atoms with Crippen LogP contribution in [0.3, 0.4) is 0 Å². The van der Waals surface area contributed by atoms with Gasteiger partial charge in [0.2, 0.25) is 0 Å². The van der Waals surface area contributed by atoms with E-state index in [4.69, 9.17) is 9.97 Å². The van der Waals surface area contributed by atoms with E-state index >= 15 is 0 Å². The van der Waals surface area contributed by atoms with Crippen LogP contribution in [0.25, 0.3) is 121 Å². The Balaban J connectivity index is 1.02. The quantitative estimate of drug-likeness (QED) is 0.178. The van der Waals surface area contributed by atoms with Gasteiger partial charge in [-0.3, -0.25) is 0 Å². The highest BCUT2D eigenvalue weighted by Crippen LogP contribution is 2.41. The fourth-order valence-electron chi connectivity index (χ4n) is 9.82. The van der Waals surface area contributed by atoms with Crippen molar-refractivity contribution < 1.29 is 0 Å². The highest BCUT2D eigenvalue weighted by Gasteiger charge is 2.21. The van der Waals surface area contributed by atoms with Gasteiger partial charge in [0.15, 0.2) is 5.82 Å². The van der Waals surface area contributed by atoms with Crippen molar-refractivity contribution in [1.82, 2.24) is 19.1 Å². The Bertz CT molecular complexity index is 4060. The van der Waals surface area contributed by atoms with E-state index in [9.17, 15) is 5.26 Å². The van der Waals surface area contributed by atoms with Crippen LogP contribution in [0.5, 0.6) is 0 Å². The summed E-state index contributed by atoms with van der Waals surface area (Å²) in [7, 11) is 0. The van der Waals surface area contributed by atoms with Gasteiger partial charge < -0.3 is 9.13 Å². The third-order valence-corrected chi connectivity index (χ3v) is 12.7.